The molecule has 3 N–H and O–H groups in total. The fourth-order valence-corrected chi connectivity index (χ4v) is 5.54. The van der Waals surface area contributed by atoms with E-state index in [2.05, 4.69) is 41.5 Å². The van der Waals surface area contributed by atoms with Gasteiger partial charge in [0.1, 0.15) is 5.92 Å². The number of nitrogens with two attached hydrogens (primary N) is 1. The first-order valence-corrected chi connectivity index (χ1v) is 13.7. The van der Waals surface area contributed by atoms with Gasteiger partial charge in [-0.15, -0.1) is 0 Å². The number of ketones is 1. The Labute approximate surface area is 223 Å². The minimum absolute atomic E-state index is 0.0376. The van der Waals surface area contributed by atoms with Crippen LogP contribution in [0.25, 0.3) is 0 Å². The van der Waals surface area contributed by atoms with Crippen LogP contribution in [-0.2, 0) is 14.3 Å². The van der Waals surface area contributed by atoms with Gasteiger partial charge in [-0.2, -0.15) is 0 Å². The number of amides is 1. The lowest BCUT2D eigenvalue weighted by Gasteiger charge is -2.43. The third-order valence-electron chi connectivity index (χ3n) is 7.05. The molecule has 6 heteroatoms. The molecule has 0 saturated carbocycles. The van der Waals surface area contributed by atoms with E-state index in [0.717, 1.165) is 0 Å². The summed E-state index contributed by atoms with van der Waals surface area (Å²) in [6.07, 6.45) is 3.12. The summed E-state index contributed by atoms with van der Waals surface area (Å²) in [5.41, 5.74) is -2.59. The number of nitrogens with zero attached hydrogens (tertiary/aromatic N) is 1. The molecule has 6 nitrogen and oxygen atoms in total. The van der Waals surface area contributed by atoms with E-state index in [0.29, 0.717) is 38.7 Å². The van der Waals surface area contributed by atoms with Crippen LogP contribution in [0, 0.1) is 27.6 Å². The molecule has 0 aliphatic rings. The average molecular weight is 513 g/mol. The van der Waals surface area contributed by atoms with Gasteiger partial charge >= 0.3 is 0 Å². The molecule has 2 atom stereocenters. The molecule has 0 heterocycles. The predicted molar refractivity (Wildman–Crippen MR) is 150 cm³/mol. The van der Waals surface area contributed by atoms with Crippen LogP contribution < -0.4 is 5.84 Å². The predicted octanol–water partition coefficient (Wildman–Crippen LogP) is 6.54. The van der Waals surface area contributed by atoms with Gasteiger partial charge < -0.3 is 9.84 Å². The van der Waals surface area contributed by atoms with Gasteiger partial charge in [-0.3, -0.25) is 14.6 Å². The van der Waals surface area contributed by atoms with E-state index in [1.807, 2.05) is 48.5 Å². The monoisotopic (exact) mass is 512 g/mol. The first-order valence-electron chi connectivity index (χ1n) is 13.7. The molecule has 0 spiro atoms. The number of carbonyl (C=O) groups excluding carboxylic acids is 2. The Kier molecular flexibility index (Phi) is 11.9. The Morgan fingerprint density at radius 1 is 0.833 bits per heavy atom. The molecule has 2 unspecified atom stereocenters. The van der Waals surface area contributed by atoms with Crippen molar-refractivity contribution in [3.63, 3.8) is 0 Å². The summed E-state index contributed by atoms with van der Waals surface area (Å²) in [5, 5.41) is 11.5. The van der Waals surface area contributed by atoms with Crippen molar-refractivity contribution in [2.75, 3.05) is 13.2 Å². The summed E-state index contributed by atoms with van der Waals surface area (Å²) in [6, 6.07) is 0. The summed E-state index contributed by atoms with van der Waals surface area (Å²) in [5.74, 6) is 5.16. The molecule has 0 aliphatic carbocycles. The first-order chi connectivity index (χ1) is 15.8. The minimum atomic E-state index is -0.831. The average Bonchev–Trinajstić information content (AvgIpc) is 2.61. The molecule has 214 valence electrons. The highest BCUT2D eigenvalue weighted by Gasteiger charge is 2.49. The van der Waals surface area contributed by atoms with E-state index in [1.165, 1.54) is 5.01 Å². The lowest BCUT2D eigenvalue weighted by Crippen LogP contribution is -2.53. The van der Waals surface area contributed by atoms with Crippen molar-refractivity contribution in [2.45, 2.75) is 140 Å². The lowest BCUT2D eigenvalue weighted by atomic mass is 9.61. The summed E-state index contributed by atoms with van der Waals surface area (Å²) in [7, 11) is 0. The zero-order chi connectivity index (χ0) is 29.0. The van der Waals surface area contributed by atoms with Crippen molar-refractivity contribution in [1.29, 1.82) is 0 Å². The molecule has 0 radical (unpaired) electrons. The van der Waals surface area contributed by atoms with E-state index < -0.39 is 27.9 Å². The van der Waals surface area contributed by atoms with Crippen molar-refractivity contribution in [3.8, 4) is 0 Å². The second kappa shape index (κ2) is 12.3. The number of ether oxygens (including phenoxy) is 1. The summed E-state index contributed by atoms with van der Waals surface area (Å²) in [6.45, 7) is 29.1. The van der Waals surface area contributed by atoms with Crippen LogP contribution in [0.15, 0.2) is 0 Å². The summed E-state index contributed by atoms with van der Waals surface area (Å²) in [4.78, 5) is 27.9. The van der Waals surface area contributed by atoms with Crippen LogP contribution in [0.2, 0.25) is 0 Å². The van der Waals surface area contributed by atoms with Gasteiger partial charge in [-0.25, -0.2) is 5.84 Å². The lowest BCUT2D eigenvalue weighted by molar-refractivity contribution is -0.153. The SMILES string of the molecule is CCC(C)(O)CCOC(C)(C)CCN(N)C(=O)C(C(=O)C(C)(C)CC(C)(C)C)C(C)(C)CC(C)(C)C. The van der Waals surface area contributed by atoms with Crippen molar-refractivity contribution in [3.05, 3.63) is 0 Å². The van der Waals surface area contributed by atoms with Crippen LogP contribution >= 0.6 is 0 Å². The topological polar surface area (TPSA) is 92.9 Å². The van der Waals surface area contributed by atoms with Crippen LogP contribution in [0.1, 0.15) is 129 Å². The molecule has 0 fully saturated rings. The molecule has 0 aromatic rings. The molecule has 0 aromatic heterocycles. The Bertz CT molecular complexity index is 724. The minimum Gasteiger partial charge on any atom is -0.390 e. The van der Waals surface area contributed by atoms with Gasteiger partial charge in [-0.1, -0.05) is 76.2 Å². The van der Waals surface area contributed by atoms with Gasteiger partial charge in [0.25, 0.3) is 0 Å². The van der Waals surface area contributed by atoms with Crippen LogP contribution in [0.3, 0.4) is 0 Å². The number of Topliss-reactive ketones (excluding diaryl/α,β-unsaturated/α-hetero) is 1. The zero-order valence-corrected chi connectivity index (χ0v) is 26.2. The number of hydrogen-bond donors (Lipinski definition) is 2. The summed E-state index contributed by atoms with van der Waals surface area (Å²) < 4.78 is 6.03. The zero-order valence-electron chi connectivity index (χ0n) is 26.2. The van der Waals surface area contributed by atoms with Crippen molar-refractivity contribution < 1.29 is 19.4 Å². The van der Waals surface area contributed by atoms with E-state index in [4.69, 9.17) is 10.6 Å². The van der Waals surface area contributed by atoms with E-state index >= 15 is 0 Å². The van der Waals surface area contributed by atoms with Gasteiger partial charge in [0.15, 0.2) is 5.78 Å². The number of carbonyl (C=O) groups is 2. The molecular weight excluding hydrogens is 452 g/mol. The van der Waals surface area contributed by atoms with Gasteiger partial charge in [0, 0.05) is 12.0 Å². The fourth-order valence-electron chi connectivity index (χ4n) is 5.54. The summed E-state index contributed by atoms with van der Waals surface area (Å²) >= 11 is 0. The normalized spacial score (nSPS) is 16.4. The molecule has 36 heavy (non-hydrogen) atoms. The van der Waals surface area contributed by atoms with Crippen molar-refractivity contribution >= 4 is 11.7 Å². The van der Waals surface area contributed by atoms with Gasteiger partial charge in [0.05, 0.1) is 17.8 Å². The van der Waals surface area contributed by atoms with Crippen LogP contribution in [-0.4, -0.2) is 46.2 Å². The van der Waals surface area contributed by atoms with Crippen LogP contribution in [0.4, 0.5) is 0 Å². The molecule has 1 amide bonds. The van der Waals surface area contributed by atoms with E-state index in [9.17, 15) is 14.7 Å². The Balaban J connectivity index is 5.76. The molecule has 0 rings (SSSR count). The molecule has 0 saturated heterocycles. The maximum atomic E-state index is 14.0. The van der Waals surface area contributed by atoms with Crippen molar-refractivity contribution in [2.24, 2.45) is 33.4 Å². The molecule has 0 bridgehead atoms. The van der Waals surface area contributed by atoms with Crippen molar-refractivity contribution in [1.82, 2.24) is 5.01 Å². The highest BCUT2D eigenvalue weighted by Crippen LogP contribution is 2.45. The quantitative estimate of drug-likeness (QED) is 0.119. The number of rotatable bonds is 14. The first kappa shape index (κ1) is 35.0. The van der Waals surface area contributed by atoms with Crippen LogP contribution in [0.5, 0.6) is 0 Å². The second-order valence-corrected chi connectivity index (χ2v) is 15.6. The Morgan fingerprint density at radius 2 is 1.31 bits per heavy atom. The third-order valence-corrected chi connectivity index (χ3v) is 7.05. The standard InChI is InChI=1S/C30H60N2O4/c1-15-30(14,35)17-19-36-29(12,13)16-18-32(31)24(34)22(27(8,9)20-25(2,3)4)23(33)28(10,11)21-26(5,6)7/h22,35H,15-21,31H2,1-14H3. The highest BCUT2D eigenvalue weighted by atomic mass is 16.5. The van der Waals surface area contributed by atoms with Gasteiger partial charge in [0.2, 0.25) is 5.91 Å². The molecule has 0 aliphatic heterocycles. The highest BCUT2D eigenvalue weighted by molar-refractivity contribution is 6.04. The van der Waals surface area contributed by atoms with Gasteiger partial charge in [-0.05, 0) is 69.1 Å². The maximum absolute atomic E-state index is 14.0. The molecular formula is C30H60N2O4. The fraction of sp³-hybridized carbons (Fsp3) is 0.933. The third kappa shape index (κ3) is 12.5. The largest absolute Gasteiger partial charge is 0.390 e. The molecule has 0 aromatic carbocycles. The second-order valence-electron chi connectivity index (χ2n) is 15.6. The number of hydrogen-bond acceptors (Lipinski definition) is 5. The Morgan fingerprint density at radius 3 is 1.72 bits per heavy atom. The Hall–Kier alpha value is -0.980. The number of hydrazine groups is 1. The van der Waals surface area contributed by atoms with E-state index in [-0.39, 0.29) is 29.1 Å². The maximum Gasteiger partial charge on any atom is 0.247 e. The van der Waals surface area contributed by atoms with E-state index in [1.54, 1.807) is 6.92 Å². The smallest absolute Gasteiger partial charge is 0.247 e. The number of aliphatic hydroxyl groups is 1.